The second kappa shape index (κ2) is 10.2. The first-order valence-electron chi connectivity index (χ1n) is 9.18. The molecule has 5 heteroatoms. The Morgan fingerprint density at radius 2 is 2.04 bits per heavy atom. The molecule has 0 aliphatic heterocycles. The molecule has 134 valence electrons. The van der Waals surface area contributed by atoms with Gasteiger partial charge < -0.3 is 20.5 Å². The van der Waals surface area contributed by atoms with Gasteiger partial charge >= 0.3 is 0 Å². The van der Waals surface area contributed by atoms with Crippen LogP contribution in [-0.4, -0.2) is 37.4 Å². The Morgan fingerprint density at radius 1 is 1.21 bits per heavy atom. The number of hydrogen-bond donors (Lipinski definition) is 3. The van der Waals surface area contributed by atoms with Crippen LogP contribution in [0.25, 0.3) is 0 Å². The molecule has 0 saturated heterocycles. The summed E-state index contributed by atoms with van der Waals surface area (Å²) in [5, 5.41) is 16.8. The highest BCUT2D eigenvalue weighted by Gasteiger charge is 2.16. The maximum absolute atomic E-state index is 10.3. The first kappa shape index (κ1) is 18.6. The molecule has 2 rings (SSSR count). The highest BCUT2D eigenvalue weighted by molar-refractivity contribution is 5.79. The predicted molar refractivity (Wildman–Crippen MR) is 98.7 cm³/mol. The van der Waals surface area contributed by atoms with Crippen LogP contribution in [0, 0.1) is 0 Å². The Bertz CT molecular complexity index is 544. The molecule has 1 aromatic rings. The van der Waals surface area contributed by atoms with Gasteiger partial charge in [0, 0.05) is 31.9 Å². The summed E-state index contributed by atoms with van der Waals surface area (Å²) in [6.07, 6.45) is 5.55. The van der Waals surface area contributed by atoms with E-state index >= 15 is 0 Å². The first-order chi connectivity index (χ1) is 11.8. The fraction of sp³-hybridized carbons (Fsp3) is 0.632. The number of fused-ring (bicyclic) bond motifs is 1. The number of ether oxygens (including phenoxy) is 1. The lowest BCUT2D eigenvalue weighted by Gasteiger charge is -2.20. The van der Waals surface area contributed by atoms with E-state index in [1.54, 1.807) is 0 Å². The number of guanidine groups is 1. The number of aryl methyl sites for hydroxylation is 1. The molecule has 0 spiro atoms. The van der Waals surface area contributed by atoms with Crippen molar-refractivity contribution in [3.63, 3.8) is 0 Å². The van der Waals surface area contributed by atoms with Gasteiger partial charge in [-0.3, -0.25) is 0 Å². The SMILES string of the molecule is CCNC(=NCc1c(O)ccc2c1CCCC2)NCCCOCC. The zero-order valence-corrected chi connectivity index (χ0v) is 15.0. The van der Waals surface area contributed by atoms with E-state index in [0.29, 0.717) is 12.3 Å². The summed E-state index contributed by atoms with van der Waals surface area (Å²) in [5.74, 6) is 1.16. The van der Waals surface area contributed by atoms with Gasteiger partial charge in [-0.1, -0.05) is 6.07 Å². The third-order valence-corrected chi connectivity index (χ3v) is 4.33. The van der Waals surface area contributed by atoms with Gasteiger partial charge in [0.05, 0.1) is 6.54 Å². The second-order valence-electron chi connectivity index (χ2n) is 6.08. The van der Waals surface area contributed by atoms with E-state index in [9.17, 15) is 5.11 Å². The number of aromatic hydroxyl groups is 1. The fourth-order valence-electron chi connectivity index (χ4n) is 3.09. The van der Waals surface area contributed by atoms with E-state index in [1.807, 2.05) is 13.0 Å². The van der Waals surface area contributed by atoms with Crippen LogP contribution in [0.2, 0.25) is 0 Å². The minimum absolute atomic E-state index is 0.367. The normalized spacial score (nSPS) is 14.3. The number of phenolic OH excluding ortho intramolecular Hbond substituents is 1. The van der Waals surface area contributed by atoms with Crippen LogP contribution >= 0.6 is 0 Å². The lowest BCUT2D eigenvalue weighted by Crippen LogP contribution is -2.38. The fourth-order valence-corrected chi connectivity index (χ4v) is 3.09. The van der Waals surface area contributed by atoms with E-state index in [1.165, 1.54) is 24.0 Å². The van der Waals surface area contributed by atoms with Crippen LogP contribution in [0.3, 0.4) is 0 Å². The van der Waals surface area contributed by atoms with Gasteiger partial charge in [-0.2, -0.15) is 0 Å². The smallest absolute Gasteiger partial charge is 0.191 e. The summed E-state index contributed by atoms with van der Waals surface area (Å²) < 4.78 is 5.35. The molecule has 1 aromatic carbocycles. The molecule has 0 unspecified atom stereocenters. The predicted octanol–water partition coefficient (Wildman–Crippen LogP) is 2.75. The maximum atomic E-state index is 10.3. The maximum Gasteiger partial charge on any atom is 0.191 e. The average molecular weight is 333 g/mol. The summed E-state index contributed by atoms with van der Waals surface area (Å²) in [7, 11) is 0. The molecule has 0 atom stereocenters. The molecule has 0 bridgehead atoms. The summed E-state index contributed by atoms with van der Waals surface area (Å²) in [6, 6.07) is 3.88. The Balaban J connectivity index is 2.00. The summed E-state index contributed by atoms with van der Waals surface area (Å²) in [6.45, 7) is 7.73. The van der Waals surface area contributed by atoms with E-state index in [2.05, 4.69) is 28.6 Å². The summed E-state index contributed by atoms with van der Waals surface area (Å²) in [4.78, 5) is 4.66. The standard InChI is InChI=1S/C19H31N3O2/c1-3-20-19(21-12-7-13-24-4-2)22-14-17-16-9-6-5-8-15(16)10-11-18(17)23/h10-11,23H,3-9,12-14H2,1-2H3,(H2,20,21,22). The van der Waals surface area contributed by atoms with Crippen molar-refractivity contribution in [1.82, 2.24) is 10.6 Å². The molecule has 5 nitrogen and oxygen atoms in total. The van der Waals surface area contributed by atoms with E-state index in [-0.39, 0.29) is 0 Å². The van der Waals surface area contributed by atoms with Crippen LogP contribution < -0.4 is 10.6 Å². The molecular weight excluding hydrogens is 302 g/mol. The minimum atomic E-state index is 0.367. The van der Waals surface area contributed by atoms with Crippen molar-refractivity contribution >= 4 is 5.96 Å². The minimum Gasteiger partial charge on any atom is -0.508 e. The van der Waals surface area contributed by atoms with Crippen molar-refractivity contribution in [2.75, 3.05) is 26.3 Å². The Morgan fingerprint density at radius 3 is 2.83 bits per heavy atom. The quantitative estimate of drug-likeness (QED) is 0.389. The summed E-state index contributed by atoms with van der Waals surface area (Å²) in [5.41, 5.74) is 3.66. The molecule has 0 heterocycles. The van der Waals surface area contributed by atoms with Gasteiger partial charge in [-0.25, -0.2) is 4.99 Å². The van der Waals surface area contributed by atoms with E-state index in [4.69, 9.17) is 4.74 Å². The number of rotatable bonds is 8. The van der Waals surface area contributed by atoms with Crippen molar-refractivity contribution < 1.29 is 9.84 Å². The number of aliphatic imine (C=N–C) groups is 1. The highest BCUT2D eigenvalue weighted by Crippen LogP contribution is 2.30. The van der Waals surface area contributed by atoms with Crippen LogP contribution in [-0.2, 0) is 24.1 Å². The van der Waals surface area contributed by atoms with Gasteiger partial charge in [0.15, 0.2) is 5.96 Å². The van der Waals surface area contributed by atoms with Crippen molar-refractivity contribution in [3.05, 3.63) is 28.8 Å². The van der Waals surface area contributed by atoms with Crippen molar-refractivity contribution in [3.8, 4) is 5.75 Å². The van der Waals surface area contributed by atoms with E-state index < -0.39 is 0 Å². The average Bonchev–Trinajstić information content (AvgIpc) is 2.60. The molecule has 24 heavy (non-hydrogen) atoms. The Labute approximate surface area is 145 Å². The number of phenols is 1. The molecule has 0 saturated carbocycles. The molecule has 1 aliphatic rings. The number of benzene rings is 1. The lowest BCUT2D eigenvalue weighted by atomic mass is 9.88. The van der Waals surface area contributed by atoms with Crippen LogP contribution in [0.15, 0.2) is 17.1 Å². The Kier molecular flexibility index (Phi) is 7.89. The van der Waals surface area contributed by atoms with Crippen LogP contribution in [0.4, 0.5) is 0 Å². The van der Waals surface area contributed by atoms with E-state index in [0.717, 1.165) is 57.1 Å². The van der Waals surface area contributed by atoms with Gasteiger partial charge in [-0.15, -0.1) is 0 Å². The molecule has 0 fully saturated rings. The highest BCUT2D eigenvalue weighted by atomic mass is 16.5. The number of hydrogen-bond acceptors (Lipinski definition) is 3. The van der Waals surface area contributed by atoms with Crippen molar-refractivity contribution in [2.24, 2.45) is 4.99 Å². The van der Waals surface area contributed by atoms with Gasteiger partial charge in [0.25, 0.3) is 0 Å². The third-order valence-electron chi connectivity index (χ3n) is 4.33. The topological polar surface area (TPSA) is 65.9 Å². The second-order valence-corrected chi connectivity index (χ2v) is 6.08. The van der Waals surface area contributed by atoms with Crippen molar-refractivity contribution in [2.45, 2.75) is 52.5 Å². The molecule has 1 aliphatic carbocycles. The van der Waals surface area contributed by atoms with Crippen LogP contribution in [0.1, 0.15) is 49.8 Å². The Hall–Kier alpha value is -1.75. The number of nitrogens with zero attached hydrogens (tertiary/aromatic N) is 1. The zero-order valence-electron chi connectivity index (χ0n) is 15.0. The zero-order chi connectivity index (χ0) is 17.2. The van der Waals surface area contributed by atoms with Gasteiger partial charge in [0.2, 0.25) is 0 Å². The first-order valence-corrected chi connectivity index (χ1v) is 9.18. The molecule has 0 amide bonds. The van der Waals surface area contributed by atoms with Crippen molar-refractivity contribution in [1.29, 1.82) is 0 Å². The summed E-state index contributed by atoms with van der Waals surface area (Å²) >= 11 is 0. The van der Waals surface area contributed by atoms with Gasteiger partial charge in [-0.05, 0) is 63.1 Å². The third kappa shape index (κ3) is 5.41. The largest absolute Gasteiger partial charge is 0.508 e. The molecule has 0 radical (unpaired) electrons. The van der Waals surface area contributed by atoms with Crippen LogP contribution in [0.5, 0.6) is 5.75 Å². The molecular formula is C19H31N3O2. The molecule has 0 aromatic heterocycles. The number of nitrogens with one attached hydrogen (secondary N) is 2. The van der Waals surface area contributed by atoms with Gasteiger partial charge in [0.1, 0.15) is 5.75 Å². The monoisotopic (exact) mass is 333 g/mol. The lowest BCUT2D eigenvalue weighted by molar-refractivity contribution is 0.145. The molecule has 3 N–H and O–H groups in total.